The Morgan fingerprint density at radius 3 is 2.67 bits per heavy atom. The third-order valence-electron chi connectivity index (χ3n) is 2.56. The molecule has 0 saturated heterocycles. The first kappa shape index (κ1) is 11.4. The van der Waals surface area contributed by atoms with Crippen molar-refractivity contribution in [2.24, 2.45) is 10.4 Å². The Hall–Kier alpha value is -3.10. The maximum Gasteiger partial charge on any atom is 0.205 e. The van der Waals surface area contributed by atoms with Crippen molar-refractivity contribution in [3.05, 3.63) is 47.3 Å². The lowest BCUT2D eigenvalue weighted by Gasteiger charge is -2.23. The van der Waals surface area contributed by atoms with Crippen LogP contribution in [0.5, 0.6) is 0 Å². The summed E-state index contributed by atoms with van der Waals surface area (Å²) >= 11 is 0. The second-order valence-electron chi connectivity index (χ2n) is 3.71. The zero-order valence-electron chi connectivity index (χ0n) is 9.25. The number of allylic oxidation sites excluding steroid dienone is 6. The molecule has 1 aliphatic carbocycles. The van der Waals surface area contributed by atoms with Crippen LogP contribution in [0, 0.1) is 39.5 Å². The van der Waals surface area contributed by atoms with Crippen LogP contribution < -0.4 is 5.32 Å². The van der Waals surface area contributed by atoms with E-state index >= 15 is 0 Å². The minimum absolute atomic E-state index is 0.631. The van der Waals surface area contributed by atoms with E-state index in [1.165, 1.54) is 6.21 Å². The zero-order chi connectivity index (χ0) is 13.0. The summed E-state index contributed by atoms with van der Waals surface area (Å²) in [5, 5.41) is 29.5. The molecule has 0 aromatic rings. The van der Waals surface area contributed by atoms with Crippen molar-refractivity contribution in [1.29, 1.82) is 15.8 Å². The van der Waals surface area contributed by atoms with E-state index in [0.29, 0.717) is 11.4 Å². The van der Waals surface area contributed by atoms with Gasteiger partial charge >= 0.3 is 0 Å². The van der Waals surface area contributed by atoms with Crippen molar-refractivity contribution < 1.29 is 0 Å². The fraction of sp³-hybridized carbons (Fsp3) is 0.0769. The number of fused-ring (bicyclic) bond motifs is 1. The molecule has 5 heteroatoms. The van der Waals surface area contributed by atoms with Crippen LogP contribution in [-0.2, 0) is 0 Å². The Kier molecular flexibility index (Phi) is 2.79. The lowest BCUT2D eigenvalue weighted by atomic mass is 9.84. The number of dihydropyridines is 1. The molecule has 2 aliphatic rings. The highest BCUT2D eigenvalue weighted by Crippen LogP contribution is 2.30. The molecule has 1 N–H and O–H groups in total. The van der Waals surface area contributed by atoms with Gasteiger partial charge in [0, 0.05) is 5.70 Å². The van der Waals surface area contributed by atoms with Gasteiger partial charge in [-0.3, -0.25) is 0 Å². The van der Waals surface area contributed by atoms with Gasteiger partial charge in [0.05, 0.1) is 24.1 Å². The number of aliphatic imine (C=N–C) groups is 1. The number of rotatable bonds is 1. The van der Waals surface area contributed by atoms with E-state index in [9.17, 15) is 0 Å². The molecule has 84 valence electrons. The molecule has 0 amide bonds. The Bertz CT molecular complexity index is 639. The van der Waals surface area contributed by atoms with Crippen molar-refractivity contribution in [2.75, 3.05) is 0 Å². The molecule has 2 rings (SSSR count). The third-order valence-corrected chi connectivity index (χ3v) is 2.56. The van der Waals surface area contributed by atoms with Crippen LogP contribution in [0.4, 0.5) is 0 Å². The van der Waals surface area contributed by atoms with Crippen LogP contribution in [0.25, 0.3) is 0 Å². The first-order valence-electron chi connectivity index (χ1n) is 5.09. The molecule has 0 radical (unpaired) electrons. The zero-order valence-corrected chi connectivity index (χ0v) is 9.25. The van der Waals surface area contributed by atoms with Gasteiger partial charge in [-0.2, -0.15) is 20.8 Å². The van der Waals surface area contributed by atoms with Crippen molar-refractivity contribution in [2.45, 2.75) is 0 Å². The highest BCUT2D eigenvalue weighted by molar-refractivity contribution is 5.81. The van der Waals surface area contributed by atoms with Gasteiger partial charge in [0.1, 0.15) is 0 Å². The van der Waals surface area contributed by atoms with E-state index in [0.717, 1.165) is 5.57 Å². The van der Waals surface area contributed by atoms with Gasteiger partial charge in [-0.1, -0.05) is 12.2 Å². The molecular formula is C13H7N5. The van der Waals surface area contributed by atoms with Crippen LogP contribution in [0.1, 0.15) is 0 Å². The lowest BCUT2D eigenvalue weighted by Crippen LogP contribution is -2.24. The maximum absolute atomic E-state index is 9.04. The van der Waals surface area contributed by atoms with E-state index < -0.39 is 5.41 Å². The first-order chi connectivity index (χ1) is 8.73. The van der Waals surface area contributed by atoms with E-state index in [1.54, 1.807) is 30.5 Å². The fourth-order valence-electron chi connectivity index (χ4n) is 1.64. The molecule has 0 aromatic carbocycles. The predicted molar refractivity (Wildman–Crippen MR) is 64.3 cm³/mol. The fourth-order valence-corrected chi connectivity index (χ4v) is 1.64. The number of hydrogen-bond donors (Lipinski definition) is 1. The van der Waals surface area contributed by atoms with Gasteiger partial charge in [0.25, 0.3) is 0 Å². The minimum atomic E-state index is -1.24. The van der Waals surface area contributed by atoms with Crippen molar-refractivity contribution in [3.8, 4) is 18.3 Å². The Labute approximate surface area is 104 Å². The molecule has 1 heterocycles. The van der Waals surface area contributed by atoms with E-state index in [4.69, 9.17) is 15.8 Å². The van der Waals surface area contributed by atoms with Crippen molar-refractivity contribution >= 4 is 6.21 Å². The summed E-state index contributed by atoms with van der Waals surface area (Å²) in [7, 11) is 0. The Balaban J connectivity index is 2.37. The summed E-state index contributed by atoms with van der Waals surface area (Å²) in [4.78, 5) is 3.46. The highest BCUT2D eigenvalue weighted by Gasteiger charge is 2.29. The monoisotopic (exact) mass is 233 g/mol. The van der Waals surface area contributed by atoms with Crippen LogP contribution in [-0.4, -0.2) is 6.21 Å². The molecule has 0 unspecified atom stereocenters. The van der Waals surface area contributed by atoms with Crippen LogP contribution in [0.2, 0.25) is 0 Å². The maximum atomic E-state index is 9.04. The summed E-state index contributed by atoms with van der Waals surface area (Å²) < 4.78 is 0. The van der Waals surface area contributed by atoms with E-state index in [2.05, 4.69) is 10.3 Å². The molecule has 0 fully saturated rings. The van der Waals surface area contributed by atoms with E-state index in [-0.39, 0.29) is 0 Å². The topological polar surface area (TPSA) is 95.8 Å². The molecule has 18 heavy (non-hydrogen) atoms. The second kappa shape index (κ2) is 4.41. The molecule has 0 bridgehead atoms. The van der Waals surface area contributed by atoms with Gasteiger partial charge in [-0.25, -0.2) is 0 Å². The molecule has 0 spiro atoms. The average Bonchev–Trinajstić information content (AvgIpc) is 2.44. The normalized spacial score (nSPS) is 19.3. The van der Waals surface area contributed by atoms with Gasteiger partial charge < -0.3 is 5.32 Å². The molecule has 0 aromatic heterocycles. The molecule has 5 nitrogen and oxygen atoms in total. The number of nitriles is 3. The Morgan fingerprint density at radius 2 is 2.00 bits per heavy atom. The van der Waals surface area contributed by atoms with Gasteiger partial charge in [-0.15, -0.1) is 0 Å². The minimum Gasteiger partial charge on any atom is -0.354 e. The lowest BCUT2D eigenvalue weighted by molar-refractivity contribution is 0.814. The number of nitrogens with one attached hydrogen (secondary N) is 1. The predicted octanol–water partition coefficient (Wildman–Crippen LogP) is 1.44. The van der Waals surface area contributed by atoms with Crippen LogP contribution in [0.15, 0.2) is 52.3 Å². The van der Waals surface area contributed by atoms with Gasteiger partial charge in [-0.05, 0) is 23.8 Å². The largest absolute Gasteiger partial charge is 0.354 e. The highest BCUT2D eigenvalue weighted by atomic mass is 14.9. The smallest absolute Gasteiger partial charge is 0.205 e. The van der Waals surface area contributed by atoms with Gasteiger partial charge in [0.2, 0.25) is 6.19 Å². The van der Waals surface area contributed by atoms with Crippen molar-refractivity contribution in [1.82, 2.24) is 5.32 Å². The Morgan fingerprint density at radius 1 is 1.22 bits per heavy atom. The number of nitrogens with zero attached hydrogens (tertiary/aromatic N) is 4. The SMILES string of the molecule is N#CN=CC1=CC=C2C=CC(C#N)(C#N)C=C2N1. The summed E-state index contributed by atoms with van der Waals surface area (Å²) in [5.74, 6) is 0. The molecule has 0 saturated carbocycles. The molecule has 0 atom stereocenters. The van der Waals surface area contributed by atoms with Crippen molar-refractivity contribution in [3.63, 3.8) is 0 Å². The summed E-state index contributed by atoms with van der Waals surface area (Å²) in [6.07, 6.45) is 11.5. The van der Waals surface area contributed by atoms with Gasteiger partial charge in [0.15, 0.2) is 5.41 Å². The van der Waals surface area contributed by atoms with Crippen LogP contribution >= 0.6 is 0 Å². The third kappa shape index (κ3) is 1.91. The summed E-state index contributed by atoms with van der Waals surface area (Å²) in [6, 6.07) is 3.92. The quantitative estimate of drug-likeness (QED) is 0.547. The molecular weight excluding hydrogens is 226 g/mol. The average molecular weight is 233 g/mol. The summed E-state index contributed by atoms with van der Waals surface area (Å²) in [6.45, 7) is 0. The first-order valence-corrected chi connectivity index (χ1v) is 5.09. The second-order valence-corrected chi connectivity index (χ2v) is 3.71. The molecule has 1 aliphatic heterocycles. The van der Waals surface area contributed by atoms with E-state index in [1.807, 2.05) is 18.2 Å². The number of hydrogen-bond acceptors (Lipinski definition) is 5. The summed E-state index contributed by atoms with van der Waals surface area (Å²) in [5.41, 5.74) is 0.938. The standard InChI is InChI=1S/C13H7N5/c14-7-13(8-15)4-3-10-1-2-11(6-17-9-16)18-12(10)5-13/h1-6,18H. The van der Waals surface area contributed by atoms with Crippen LogP contribution in [0.3, 0.4) is 0 Å².